The highest BCUT2D eigenvalue weighted by atomic mass is 19.3. The van der Waals surface area contributed by atoms with Crippen LogP contribution in [-0.2, 0) is 5.92 Å². The molecule has 0 fully saturated rings. The zero-order chi connectivity index (χ0) is 11.8. The predicted molar refractivity (Wildman–Crippen MR) is 55.0 cm³/mol. The smallest absolute Gasteiger partial charge is 0.287 e. The van der Waals surface area contributed by atoms with Crippen LogP contribution in [0.3, 0.4) is 0 Å². The average Bonchev–Trinajstić information content (AvgIpc) is 2.28. The number of nitrogens with two attached hydrogens (primary N) is 1. The Morgan fingerprint density at radius 3 is 2.50 bits per heavy atom. The van der Waals surface area contributed by atoms with Crippen molar-refractivity contribution >= 4 is 0 Å². The quantitative estimate of drug-likeness (QED) is 0.842. The molecule has 0 aliphatic carbocycles. The van der Waals surface area contributed by atoms with Crippen LogP contribution < -0.4 is 15.2 Å². The van der Waals surface area contributed by atoms with Crippen LogP contribution in [0.25, 0.3) is 0 Å². The van der Waals surface area contributed by atoms with Crippen molar-refractivity contribution < 1.29 is 18.3 Å². The van der Waals surface area contributed by atoms with Gasteiger partial charge in [0.1, 0.15) is 13.2 Å². The van der Waals surface area contributed by atoms with Crippen molar-refractivity contribution in [3.05, 3.63) is 23.8 Å². The number of benzene rings is 1. The van der Waals surface area contributed by atoms with Crippen LogP contribution in [-0.4, -0.2) is 19.3 Å². The molecule has 88 valence electrons. The summed E-state index contributed by atoms with van der Waals surface area (Å²) in [7, 11) is 0. The lowest BCUT2D eigenvalue weighted by Crippen LogP contribution is -2.35. The molecule has 3 nitrogen and oxygen atoms in total. The van der Waals surface area contributed by atoms with E-state index in [9.17, 15) is 8.78 Å². The molecule has 1 unspecified atom stereocenters. The van der Waals surface area contributed by atoms with E-state index in [0.29, 0.717) is 24.7 Å². The molecule has 0 saturated heterocycles. The molecular weight excluding hydrogens is 216 g/mol. The summed E-state index contributed by atoms with van der Waals surface area (Å²) >= 11 is 0. The van der Waals surface area contributed by atoms with Crippen molar-refractivity contribution in [1.82, 2.24) is 0 Å². The maximum Gasteiger partial charge on any atom is 0.287 e. The molecule has 1 atom stereocenters. The number of hydrogen-bond donors (Lipinski definition) is 1. The van der Waals surface area contributed by atoms with Crippen LogP contribution in [0.2, 0.25) is 0 Å². The fourth-order valence-electron chi connectivity index (χ4n) is 1.51. The zero-order valence-corrected chi connectivity index (χ0v) is 8.87. The third kappa shape index (κ3) is 1.82. The van der Waals surface area contributed by atoms with Gasteiger partial charge in [0.05, 0.1) is 6.04 Å². The Bertz CT molecular complexity index is 394. The summed E-state index contributed by atoms with van der Waals surface area (Å²) in [5.74, 6) is -2.21. The Labute approximate surface area is 92.1 Å². The number of ether oxygens (including phenoxy) is 2. The topological polar surface area (TPSA) is 44.5 Å². The van der Waals surface area contributed by atoms with E-state index < -0.39 is 12.0 Å². The second-order valence-electron chi connectivity index (χ2n) is 3.77. The second kappa shape index (κ2) is 3.90. The van der Waals surface area contributed by atoms with Gasteiger partial charge in [-0.3, -0.25) is 0 Å². The summed E-state index contributed by atoms with van der Waals surface area (Å²) < 4.78 is 37.7. The van der Waals surface area contributed by atoms with E-state index in [0.717, 1.165) is 0 Å². The Morgan fingerprint density at radius 1 is 1.25 bits per heavy atom. The average molecular weight is 229 g/mol. The molecule has 0 aromatic heterocycles. The normalized spacial score (nSPS) is 17.0. The van der Waals surface area contributed by atoms with E-state index in [4.69, 9.17) is 15.2 Å². The van der Waals surface area contributed by atoms with Gasteiger partial charge >= 0.3 is 0 Å². The van der Waals surface area contributed by atoms with Crippen LogP contribution in [0, 0.1) is 0 Å². The van der Waals surface area contributed by atoms with Gasteiger partial charge in [-0.05, 0) is 25.1 Å². The third-order valence-electron chi connectivity index (χ3n) is 2.50. The Balaban J connectivity index is 2.37. The summed E-state index contributed by atoms with van der Waals surface area (Å²) in [5.41, 5.74) is 5.11. The van der Waals surface area contributed by atoms with Gasteiger partial charge in [0.25, 0.3) is 5.92 Å². The van der Waals surface area contributed by atoms with E-state index in [2.05, 4.69) is 0 Å². The van der Waals surface area contributed by atoms with Crippen molar-refractivity contribution in [2.24, 2.45) is 5.73 Å². The van der Waals surface area contributed by atoms with Crippen LogP contribution in [0.4, 0.5) is 8.78 Å². The van der Waals surface area contributed by atoms with Crippen LogP contribution in [0.15, 0.2) is 18.2 Å². The summed E-state index contributed by atoms with van der Waals surface area (Å²) in [6.07, 6.45) is 0. The van der Waals surface area contributed by atoms with Crippen LogP contribution in [0.5, 0.6) is 11.5 Å². The number of hydrogen-bond acceptors (Lipinski definition) is 3. The molecule has 0 spiro atoms. The number of rotatable bonds is 2. The Hall–Kier alpha value is -1.36. The molecule has 16 heavy (non-hydrogen) atoms. The molecule has 1 aliphatic rings. The molecule has 1 aromatic rings. The van der Waals surface area contributed by atoms with Gasteiger partial charge in [-0.15, -0.1) is 0 Å². The molecular formula is C11H13F2NO2. The van der Waals surface area contributed by atoms with E-state index in [1.54, 1.807) is 0 Å². The summed E-state index contributed by atoms with van der Waals surface area (Å²) in [6, 6.07) is 2.85. The molecule has 0 bridgehead atoms. The zero-order valence-electron chi connectivity index (χ0n) is 8.87. The largest absolute Gasteiger partial charge is 0.486 e. The first-order chi connectivity index (χ1) is 7.51. The van der Waals surface area contributed by atoms with E-state index in [1.165, 1.54) is 25.1 Å². The summed E-state index contributed by atoms with van der Waals surface area (Å²) in [4.78, 5) is 0. The minimum Gasteiger partial charge on any atom is -0.486 e. The van der Waals surface area contributed by atoms with Gasteiger partial charge in [0.2, 0.25) is 0 Å². The lowest BCUT2D eigenvalue weighted by Gasteiger charge is -2.23. The first kappa shape index (κ1) is 11.1. The minimum absolute atomic E-state index is 0.147. The summed E-state index contributed by atoms with van der Waals surface area (Å²) in [6.45, 7) is 2.09. The maximum atomic E-state index is 13.6. The lowest BCUT2D eigenvalue weighted by molar-refractivity contribution is -0.0260. The molecule has 1 heterocycles. The molecule has 0 amide bonds. The molecule has 5 heteroatoms. The van der Waals surface area contributed by atoms with E-state index in [1.807, 2.05) is 0 Å². The lowest BCUT2D eigenvalue weighted by atomic mass is 10.0. The van der Waals surface area contributed by atoms with Gasteiger partial charge in [0.15, 0.2) is 11.5 Å². The standard InChI is InChI=1S/C11H13F2NO2/c1-7(14)11(12,13)8-2-3-9-10(6-8)16-5-4-15-9/h2-3,6-7H,4-5,14H2,1H3. The van der Waals surface area contributed by atoms with Crippen LogP contribution >= 0.6 is 0 Å². The SMILES string of the molecule is CC(N)C(F)(F)c1ccc2c(c1)OCCO2. The number of fused-ring (bicyclic) bond motifs is 1. The van der Waals surface area contributed by atoms with Gasteiger partial charge in [-0.25, -0.2) is 0 Å². The number of alkyl halides is 2. The molecule has 1 aliphatic heterocycles. The molecule has 0 saturated carbocycles. The second-order valence-corrected chi connectivity index (χ2v) is 3.77. The fraction of sp³-hybridized carbons (Fsp3) is 0.455. The van der Waals surface area contributed by atoms with Crippen molar-refractivity contribution in [3.63, 3.8) is 0 Å². The fourth-order valence-corrected chi connectivity index (χ4v) is 1.51. The third-order valence-corrected chi connectivity index (χ3v) is 2.50. The monoisotopic (exact) mass is 229 g/mol. The van der Waals surface area contributed by atoms with E-state index >= 15 is 0 Å². The maximum absolute atomic E-state index is 13.6. The number of halogens is 2. The predicted octanol–water partition coefficient (Wildman–Crippen LogP) is 1.90. The first-order valence-electron chi connectivity index (χ1n) is 5.05. The van der Waals surface area contributed by atoms with Crippen LogP contribution in [0.1, 0.15) is 12.5 Å². The minimum atomic E-state index is -3.06. The first-order valence-corrected chi connectivity index (χ1v) is 5.05. The molecule has 2 N–H and O–H groups in total. The van der Waals surface area contributed by atoms with Gasteiger partial charge in [0, 0.05) is 5.56 Å². The van der Waals surface area contributed by atoms with Gasteiger partial charge < -0.3 is 15.2 Å². The Morgan fingerprint density at radius 2 is 1.88 bits per heavy atom. The molecule has 0 radical (unpaired) electrons. The van der Waals surface area contributed by atoms with Crippen molar-refractivity contribution in [2.45, 2.75) is 18.9 Å². The molecule has 2 rings (SSSR count). The van der Waals surface area contributed by atoms with Crippen molar-refractivity contribution in [2.75, 3.05) is 13.2 Å². The highest BCUT2D eigenvalue weighted by Crippen LogP contribution is 2.37. The van der Waals surface area contributed by atoms with E-state index in [-0.39, 0.29) is 5.56 Å². The van der Waals surface area contributed by atoms with Gasteiger partial charge in [-0.1, -0.05) is 0 Å². The molecule has 1 aromatic carbocycles. The van der Waals surface area contributed by atoms with Crippen molar-refractivity contribution in [3.8, 4) is 11.5 Å². The summed E-state index contributed by atoms with van der Waals surface area (Å²) in [5, 5.41) is 0. The highest BCUT2D eigenvalue weighted by molar-refractivity contribution is 5.45. The van der Waals surface area contributed by atoms with Gasteiger partial charge in [-0.2, -0.15) is 8.78 Å². The highest BCUT2D eigenvalue weighted by Gasteiger charge is 2.37. The van der Waals surface area contributed by atoms with Crippen molar-refractivity contribution in [1.29, 1.82) is 0 Å². The Kier molecular flexibility index (Phi) is 2.71.